The first-order valence-corrected chi connectivity index (χ1v) is 9.49. The molecule has 28 heavy (non-hydrogen) atoms. The number of fused-ring (bicyclic) bond motifs is 5. The van der Waals surface area contributed by atoms with Gasteiger partial charge in [-0.2, -0.15) is 0 Å². The van der Waals surface area contributed by atoms with Crippen molar-refractivity contribution in [2.45, 2.75) is 44.9 Å². The number of nitrogens with zero attached hydrogens (tertiary/aromatic N) is 1. The largest absolute Gasteiger partial charge is 0.360 e. The van der Waals surface area contributed by atoms with E-state index in [9.17, 15) is 14.4 Å². The number of anilines is 1. The second kappa shape index (κ2) is 6.17. The molecular formula is C21H25N3O4. The molecule has 0 radical (unpaired) electrons. The van der Waals surface area contributed by atoms with Crippen LogP contribution < -0.4 is 15.5 Å². The van der Waals surface area contributed by atoms with Gasteiger partial charge in [0.15, 0.2) is 0 Å². The minimum atomic E-state index is -0.989. The Labute approximate surface area is 164 Å². The maximum Gasteiger partial charge on any atom is 0.315 e. The molecule has 0 saturated carbocycles. The Morgan fingerprint density at radius 2 is 1.86 bits per heavy atom. The predicted octanol–water partition coefficient (Wildman–Crippen LogP) is 1.91. The number of urea groups is 1. The number of nitrogens with one attached hydrogen (secondary N) is 2. The number of carbonyl (C=O) groups excluding carboxylic acids is 3. The lowest BCUT2D eigenvalue weighted by atomic mass is 9.77. The van der Waals surface area contributed by atoms with Gasteiger partial charge < -0.3 is 15.4 Å². The third-order valence-corrected chi connectivity index (χ3v) is 5.46. The van der Waals surface area contributed by atoms with E-state index in [4.69, 9.17) is 4.74 Å². The molecule has 2 bridgehead atoms. The average Bonchev–Trinajstić information content (AvgIpc) is 3.24. The van der Waals surface area contributed by atoms with Gasteiger partial charge in [0.2, 0.25) is 11.8 Å². The van der Waals surface area contributed by atoms with Crippen LogP contribution in [0.3, 0.4) is 0 Å². The van der Waals surface area contributed by atoms with Gasteiger partial charge in [-0.25, -0.2) is 9.69 Å². The van der Waals surface area contributed by atoms with E-state index in [-0.39, 0.29) is 29.9 Å². The lowest BCUT2D eigenvalue weighted by molar-refractivity contribution is -0.126. The first kappa shape index (κ1) is 18.7. The maximum atomic E-state index is 13.2. The Hall–Kier alpha value is -2.67. The quantitative estimate of drug-likeness (QED) is 0.617. The molecule has 4 amide bonds. The molecule has 1 aromatic rings. The van der Waals surface area contributed by atoms with Gasteiger partial charge in [0.05, 0.1) is 30.2 Å². The van der Waals surface area contributed by atoms with Crippen molar-refractivity contribution < 1.29 is 19.1 Å². The maximum absolute atomic E-state index is 13.2. The van der Waals surface area contributed by atoms with Gasteiger partial charge in [-0.15, -0.1) is 0 Å². The Balaban J connectivity index is 1.56. The summed E-state index contributed by atoms with van der Waals surface area (Å²) in [5.41, 5.74) is 0.258. The molecule has 0 aliphatic carbocycles. The van der Waals surface area contributed by atoms with E-state index in [0.717, 1.165) is 5.56 Å². The summed E-state index contributed by atoms with van der Waals surface area (Å²) >= 11 is 0. The Kier molecular flexibility index (Phi) is 4.12. The van der Waals surface area contributed by atoms with Crippen LogP contribution in [0.5, 0.6) is 0 Å². The Morgan fingerprint density at radius 3 is 2.50 bits per heavy atom. The number of ether oxygens (including phenoxy) is 1. The molecule has 3 aliphatic heterocycles. The molecule has 7 nitrogen and oxygen atoms in total. The second-order valence-electron chi connectivity index (χ2n) is 8.81. The molecule has 0 unspecified atom stereocenters. The molecule has 7 heteroatoms. The summed E-state index contributed by atoms with van der Waals surface area (Å²) in [6.07, 6.45) is 3.21. The molecule has 2 N–H and O–H groups in total. The molecule has 4 atom stereocenters. The number of aryl methyl sites for hydroxylation is 1. The van der Waals surface area contributed by atoms with Crippen LogP contribution in [0.15, 0.2) is 36.4 Å². The first-order valence-electron chi connectivity index (χ1n) is 9.49. The average molecular weight is 383 g/mol. The van der Waals surface area contributed by atoms with Crippen molar-refractivity contribution >= 4 is 23.5 Å². The highest BCUT2D eigenvalue weighted by atomic mass is 16.5. The highest BCUT2D eigenvalue weighted by Crippen LogP contribution is 2.52. The third-order valence-electron chi connectivity index (χ3n) is 5.46. The van der Waals surface area contributed by atoms with E-state index in [2.05, 4.69) is 10.6 Å². The molecule has 4 rings (SSSR count). The van der Waals surface area contributed by atoms with Crippen molar-refractivity contribution in [3.8, 4) is 0 Å². The van der Waals surface area contributed by atoms with Gasteiger partial charge in [0.25, 0.3) is 0 Å². The van der Waals surface area contributed by atoms with E-state index in [0.29, 0.717) is 5.69 Å². The van der Waals surface area contributed by atoms with Crippen molar-refractivity contribution in [2.75, 3.05) is 11.4 Å². The fraction of sp³-hybridized carbons (Fsp3) is 0.476. The topological polar surface area (TPSA) is 87.7 Å². The van der Waals surface area contributed by atoms with E-state index in [1.165, 1.54) is 4.90 Å². The molecule has 3 aliphatic rings. The van der Waals surface area contributed by atoms with Gasteiger partial charge >= 0.3 is 6.03 Å². The molecule has 148 valence electrons. The monoisotopic (exact) mass is 383 g/mol. The van der Waals surface area contributed by atoms with Crippen LogP contribution in [0.1, 0.15) is 26.3 Å². The van der Waals surface area contributed by atoms with Gasteiger partial charge in [0, 0.05) is 5.54 Å². The van der Waals surface area contributed by atoms with Crippen LogP contribution in [0, 0.1) is 18.8 Å². The summed E-state index contributed by atoms with van der Waals surface area (Å²) in [6, 6.07) is 6.98. The van der Waals surface area contributed by atoms with Crippen molar-refractivity contribution in [3.63, 3.8) is 0 Å². The van der Waals surface area contributed by atoms with Crippen molar-refractivity contribution in [1.29, 1.82) is 0 Å². The standard InChI is InChI=1S/C21H25N3O4/c1-12-5-7-13(8-6-12)24-17(25)15-14-9-10-21(28-14,16(15)18(24)26)11-22-19(27)23-20(2,3)4/h5-10,14-16H,11H2,1-4H3,(H2,22,23,27)/t14-,15+,16-,21+/m0/s1. The number of amides is 4. The number of hydrogen-bond acceptors (Lipinski definition) is 4. The highest BCUT2D eigenvalue weighted by molar-refractivity contribution is 6.23. The molecule has 2 saturated heterocycles. The third kappa shape index (κ3) is 2.90. The first-order chi connectivity index (χ1) is 13.1. The van der Waals surface area contributed by atoms with Gasteiger partial charge in [-0.3, -0.25) is 9.59 Å². The van der Waals surface area contributed by atoms with Crippen LogP contribution in [-0.2, 0) is 14.3 Å². The summed E-state index contributed by atoms with van der Waals surface area (Å²) < 4.78 is 6.03. The van der Waals surface area contributed by atoms with E-state index in [1.54, 1.807) is 12.1 Å². The predicted molar refractivity (Wildman–Crippen MR) is 104 cm³/mol. The highest BCUT2D eigenvalue weighted by Gasteiger charge is 2.67. The summed E-state index contributed by atoms with van der Waals surface area (Å²) in [4.78, 5) is 39.7. The number of carbonyl (C=O) groups is 3. The fourth-order valence-electron chi connectivity index (χ4n) is 4.26. The minimum Gasteiger partial charge on any atom is -0.360 e. The zero-order valence-corrected chi connectivity index (χ0v) is 16.5. The summed E-state index contributed by atoms with van der Waals surface area (Å²) in [5.74, 6) is -1.70. The normalized spacial score (nSPS) is 30.7. The molecular weight excluding hydrogens is 358 g/mol. The van der Waals surface area contributed by atoms with Crippen LogP contribution in [0.2, 0.25) is 0 Å². The molecule has 0 spiro atoms. The molecule has 2 fully saturated rings. The van der Waals surface area contributed by atoms with E-state index < -0.39 is 23.5 Å². The van der Waals surface area contributed by atoms with Crippen molar-refractivity contribution in [2.24, 2.45) is 11.8 Å². The number of hydrogen-bond donors (Lipinski definition) is 2. The van der Waals surface area contributed by atoms with Crippen molar-refractivity contribution in [1.82, 2.24) is 10.6 Å². The lowest BCUT2D eigenvalue weighted by Gasteiger charge is -2.30. The van der Waals surface area contributed by atoms with E-state index >= 15 is 0 Å². The SMILES string of the molecule is Cc1ccc(N2C(=O)[C@@H]3[C@@H]4C=C[C@](CNC(=O)NC(C)(C)C)(O4)[C@@H]3C2=O)cc1. The van der Waals surface area contributed by atoms with Crippen LogP contribution in [-0.4, -0.2) is 41.6 Å². The summed E-state index contributed by atoms with van der Waals surface area (Å²) in [6.45, 7) is 7.74. The van der Waals surface area contributed by atoms with Crippen LogP contribution in [0.4, 0.5) is 10.5 Å². The second-order valence-corrected chi connectivity index (χ2v) is 8.81. The molecule has 3 heterocycles. The van der Waals surface area contributed by atoms with Gasteiger partial charge in [0.1, 0.15) is 5.60 Å². The van der Waals surface area contributed by atoms with E-state index in [1.807, 2.05) is 52.0 Å². The van der Waals surface area contributed by atoms with Gasteiger partial charge in [-0.1, -0.05) is 29.8 Å². The lowest BCUT2D eigenvalue weighted by Crippen LogP contribution is -2.53. The minimum absolute atomic E-state index is 0.129. The number of rotatable bonds is 3. The summed E-state index contributed by atoms with van der Waals surface area (Å²) in [5, 5.41) is 5.63. The molecule has 0 aromatic heterocycles. The Morgan fingerprint density at radius 1 is 1.18 bits per heavy atom. The van der Waals surface area contributed by atoms with Crippen LogP contribution in [0.25, 0.3) is 0 Å². The van der Waals surface area contributed by atoms with Gasteiger partial charge in [-0.05, 0) is 39.8 Å². The fourth-order valence-corrected chi connectivity index (χ4v) is 4.26. The molecule has 1 aromatic carbocycles. The Bertz CT molecular complexity index is 871. The smallest absolute Gasteiger partial charge is 0.315 e. The number of imide groups is 1. The van der Waals surface area contributed by atoms with Crippen molar-refractivity contribution in [3.05, 3.63) is 42.0 Å². The zero-order chi connectivity index (χ0) is 20.3. The number of benzene rings is 1. The summed E-state index contributed by atoms with van der Waals surface area (Å²) in [7, 11) is 0. The van der Waals surface area contributed by atoms with Crippen LogP contribution >= 0.6 is 0 Å². The zero-order valence-electron chi connectivity index (χ0n) is 16.5.